The fourth-order valence-electron chi connectivity index (χ4n) is 3.01. The van der Waals surface area contributed by atoms with Gasteiger partial charge >= 0.3 is 0 Å². The van der Waals surface area contributed by atoms with Gasteiger partial charge in [0.25, 0.3) is 0 Å². The number of aromatic nitrogens is 4. The second kappa shape index (κ2) is 6.28. The van der Waals surface area contributed by atoms with Gasteiger partial charge in [-0.15, -0.1) is 0 Å². The number of rotatable bonds is 5. The highest BCUT2D eigenvalue weighted by molar-refractivity contribution is 5.88. The summed E-state index contributed by atoms with van der Waals surface area (Å²) in [5.74, 6) is 0. The van der Waals surface area contributed by atoms with Crippen LogP contribution in [0.25, 0.3) is 21.8 Å². The predicted molar refractivity (Wildman–Crippen MR) is 97.1 cm³/mol. The van der Waals surface area contributed by atoms with Gasteiger partial charge in [0, 0.05) is 41.9 Å². The lowest BCUT2D eigenvalue weighted by Crippen LogP contribution is -2.09. The number of pyridine rings is 2. The van der Waals surface area contributed by atoms with Crippen molar-refractivity contribution in [3.05, 3.63) is 60.7 Å². The molecule has 4 aromatic rings. The van der Waals surface area contributed by atoms with Crippen molar-refractivity contribution >= 4 is 27.5 Å². The van der Waals surface area contributed by atoms with E-state index in [1.165, 1.54) is 11.1 Å². The maximum absolute atomic E-state index is 4.67. The lowest BCUT2D eigenvalue weighted by molar-refractivity contribution is 0.583. The Labute approximate surface area is 140 Å². The minimum atomic E-state index is 0.854. The highest BCUT2D eigenvalue weighted by Crippen LogP contribution is 2.19. The molecule has 0 aliphatic heterocycles. The third-order valence-corrected chi connectivity index (χ3v) is 4.28. The van der Waals surface area contributed by atoms with E-state index in [4.69, 9.17) is 0 Å². The largest absolute Gasteiger partial charge is 0.382 e. The standard InChI is InChI=1S/C19H19N5/c1-14-16-7-2-3-8-17(16)23-24(14)11-5-10-21-18-13-20-12-15-6-4-9-22-19(15)18/h2-4,6-9,12-13,21H,5,10-11H2,1H3. The highest BCUT2D eigenvalue weighted by Gasteiger charge is 2.06. The zero-order valence-corrected chi connectivity index (χ0v) is 13.6. The molecule has 0 unspecified atom stereocenters. The van der Waals surface area contributed by atoms with Gasteiger partial charge in [0.2, 0.25) is 0 Å². The van der Waals surface area contributed by atoms with Crippen LogP contribution >= 0.6 is 0 Å². The van der Waals surface area contributed by atoms with Crippen LogP contribution in [0.4, 0.5) is 5.69 Å². The average Bonchev–Trinajstić information content (AvgIpc) is 2.95. The summed E-state index contributed by atoms with van der Waals surface area (Å²) >= 11 is 0. The first kappa shape index (κ1) is 14.6. The van der Waals surface area contributed by atoms with Gasteiger partial charge in [0.1, 0.15) is 0 Å². The molecule has 3 heterocycles. The summed E-state index contributed by atoms with van der Waals surface area (Å²) in [5, 5.41) is 10.4. The van der Waals surface area contributed by atoms with Gasteiger partial charge < -0.3 is 5.32 Å². The Bertz CT molecular complexity index is 984. The smallest absolute Gasteiger partial charge is 0.0964 e. The molecule has 0 aliphatic carbocycles. The fourth-order valence-corrected chi connectivity index (χ4v) is 3.01. The number of fused-ring (bicyclic) bond motifs is 2. The first-order valence-electron chi connectivity index (χ1n) is 8.18. The number of benzene rings is 1. The summed E-state index contributed by atoms with van der Waals surface area (Å²) in [6.45, 7) is 3.87. The SMILES string of the molecule is Cc1c2ccccc2nn1CCCNc1cncc2cccnc12. The molecule has 120 valence electrons. The van der Waals surface area contributed by atoms with Crippen LogP contribution in [0.3, 0.4) is 0 Å². The van der Waals surface area contributed by atoms with Gasteiger partial charge in [0.15, 0.2) is 0 Å². The van der Waals surface area contributed by atoms with Gasteiger partial charge in [-0.2, -0.15) is 5.10 Å². The Balaban J connectivity index is 1.43. The van der Waals surface area contributed by atoms with E-state index < -0.39 is 0 Å². The maximum atomic E-state index is 4.67. The van der Waals surface area contributed by atoms with Gasteiger partial charge in [-0.25, -0.2) is 0 Å². The van der Waals surface area contributed by atoms with Crippen molar-refractivity contribution in [2.24, 2.45) is 0 Å². The molecule has 0 spiro atoms. The number of nitrogens with zero attached hydrogens (tertiary/aromatic N) is 4. The van der Waals surface area contributed by atoms with Crippen molar-refractivity contribution in [2.75, 3.05) is 11.9 Å². The predicted octanol–water partition coefficient (Wildman–Crippen LogP) is 3.79. The van der Waals surface area contributed by atoms with Crippen LogP contribution in [-0.2, 0) is 6.54 Å². The van der Waals surface area contributed by atoms with Crippen molar-refractivity contribution in [1.82, 2.24) is 19.7 Å². The molecule has 1 aromatic carbocycles. The van der Waals surface area contributed by atoms with Crippen LogP contribution in [0.5, 0.6) is 0 Å². The fraction of sp³-hybridized carbons (Fsp3) is 0.211. The molecule has 0 saturated heterocycles. The summed E-state index contributed by atoms with van der Waals surface area (Å²) in [7, 11) is 0. The summed E-state index contributed by atoms with van der Waals surface area (Å²) < 4.78 is 2.09. The Hall–Kier alpha value is -2.95. The topological polar surface area (TPSA) is 55.6 Å². The number of nitrogens with one attached hydrogen (secondary N) is 1. The second-order valence-electron chi connectivity index (χ2n) is 5.87. The van der Waals surface area contributed by atoms with Crippen LogP contribution in [0.1, 0.15) is 12.1 Å². The van der Waals surface area contributed by atoms with Crippen LogP contribution in [-0.4, -0.2) is 26.3 Å². The van der Waals surface area contributed by atoms with E-state index in [0.717, 1.165) is 41.6 Å². The third-order valence-electron chi connectivity index (χ3n) is 4.28. The van der Waals surface area contributed by atoms with E-state index in [2.05, 4.69) is 50.2 Å². The first-order valence-corrected chi connectivity index (χ1v) is 8.18. The molecule has 24 heavy (non-hydrogen) atoms. The van der Waals surface area contributed by atoms with Crippen LogP contribution in [0.15, 0.2) is 55.0 Å². The van der Waals surface area contributed by atoms with E-state index >= 15 is 0 Å². The van der Waals surface area contributed by atoms with Gasteiger partial charge in [0.05, 0.1) is 22.9 Å². The molecule has 0 amide bonds. The second-order valence-corrected chi connectivity index (χ2v) is 5.87. The summed E-state index contributed by atoms with van der Waals surface area (Å²) in [4.78, 5) is 8.71. The molecule has 5 nitrogen and oxygen atoms in total. The molecule has 0 atom stereocenters. The molecule has 0 radical (unpaired) electrons. The molecule has 1 N–H and O–H groups in total. The van der Waals surface area contributed by atoms with Gasteiger partial charge in [-0.1, -0.05) is 18.2 Å². The molecule has 0 saturated carbocycles. The highest BCUT2D eigenvalue weighted by atomic mass is 15.3. The molecule has 0 bridgehead atoms. The summed E-state index contributed by atoms with van der Waals surface area (Å²) in [6.07, 6.45) is 6.47. The molecule has 0 aliphatic rings. The summed E-state index contributed by atoms with van der Waals surface area (Å²) in [5.41, 5.74) is 4.23. The van der Waals surface area contributed by atoms with Crippen LogP contribution < -0.4 is 5.32 Å². The quantitative estimate of drug-likeness (QED) is 0.569. The lowest BCUT2D eigenvalue weighted by Gasteiger charge is -2.09. The average molecular weight is 317 g/mol. The Kier molecular flexibility index (Phi) is 3.83. The van der Waals surface area contributed by atoms with Crippen molar-refractivity contribution in [2.45, 2.75) is 19.9 Å². The van der Waals surface area contributed by atoms with Crippen LogP contribution in [0.2, 0.25) is 0 Å². The number of hydrogen-bond acceptors (Lipinski definition) is 4. The minimum Gasteiger partial charge on any atom is -0.382 e. The molecule has 0 fully saturated rings. The Morgan fingerprint density at radius 3 is 2.92 bits per heavy atom. The van der Waals surface area contributed by atoms with Crippen molar-refractivity contribution in [1.29, 1.82) is 0 Å². The lowest BCUT2D eigenvalue weighted by atomic mass is 10.2. The zero-order chi connectivity index (χ0) is 16.4. The monoisotopic (exact) mass is 317 g/mol. The Morgan fingerprint density at radius 1 is 1.08 bits per heavy atom. The number of anilines is 1. The third kappa shape index (κ3) is 2.69. The Morgan fingerprint density at radius 2 is 2.00 bits per heavy atom. The zero-order valence-electron chi connectivity index (χ0n) is 13.6. The van der Waals surface area contributed by atoms with Crippen molar-refractivity contribution in [3.8, 4) is 0 Å². The van der Waals surface area contributed by atoms with Gasteiger partial charge in [-0.05, 0) is 31.5 Å². The van der Waals surface area contributed by atoms with Crippen molar-refractivity contribution in [3.63, 3.8) is 0 Å². The summed E-state index contributed by atoms with van der Waals surface area (Å²) in [6, 6.07) is 12.2. The van der Waals surface area contributed by atoms with Crippen LogP contribution in [0, 0.1) is 6.92 Å². The molecular formula is C19H19N5. The van der Waals surface area contributed by atoms with E-state index in [0.29, 0.717) is 0 Å². The number of hydrogen-bond donors (Lipinski definition) is 1. The van der Waals surface area contributed by atoms with Crippen molar-refractivity contribution < 1.29 is 0 Å². The molecule has 3 aromatic heterocycles. The molecule has 5 heteroatoms. The van der Waals surface area contributed by atoms with Gasteiger partial charge in [-0.3, -0.25) is 14.6 Å². The van der Waals surface area contributed by atoms with E-state index in [1.807, 2.05) is 36.8 Å². The first-order chi connectivity index (χ1) is 11.8. The van der Waals surface area contributed by atoms with E-state index in [-0.39, 0.29) is 0 Å². The minimum absolute atomic E-state index is 0.854. The molecule has 4 rings (SSSR count). The van der Waals surface area contributed by atoms with E-state index in [9.17, 15) is 0 Å². The van der Waals surface area contributed by atoms with E-state index in [1.54, 1.807) is 0 Å². The maximum Gasteiger partial charge on any atom is 0.0964 e. The normalized spacial score (nSPS) is 11.2. The number of aryl methyl sites for hydroxylation is 2. The molecular weight excluding hydrogens is 298 g/mol.